The molecule has 0 amide bonds. The first kappa shape index (κ1) is 14.3. The molecule has 0 fully saturated rings. The largest absolute Gasteiger partial charge is 0.289 e. The average Bonchev–Trinajstić information content (AvgIpc) is 2.53. The van der Waals surface area contributed by atoms with Gasteiger partial charge in [-0.3, -0.25) is 4.79 Å². The zero-order valence-electron chi connectivity index (χ0n) is 12.0. The minimum atomic E-state index is 0.0738. The van der Waals surface area contributed by atoms with Crippen LogP contribution < -0.4 is 0 Å². The Kier molecular flexibility index (Phi) is 4.89. The average molecular weight is 264 g/mol. The maximum absolute atomic E-state index is 12.4. The topological polar surface area (TPSA) is 17.1 Å². The van der Waals surface area contributed by atoms with Crippen molar-refractivity contribution in [3.8, 4) is 0 Å². The summed E-state index contributed by atoms with van der Waals surface area (Å²) in [4.78, 5) is 12.4. The SMILES string of the molecule is CC[C@@H](C)/C(=C\C(=O)c1ccccc1)c1ccccc1. The molecule has 0 N–H and O–H groups in total. The Morgan fingerprint density at radius 1 is 0.950 bits per heavy atom. The number of hydrogen-bond acceptors (Lipinski definition) is 1. The predicted molar refractivity (Wildman–Crippen MR) is 84.6 cm³/mol. The van der Waals surface area contributed by atoms with E-state index >= 15 is 0 Å². The molecule has 0 saturated carbocycles. The third kappa shape index (κ3) is 3.45. The highest BCUT2D eigenvalue weighted by atomic mass is 16.1. The van der Waals surface area contributed by atoms with Crippen molar-refractivity contribution in [2.75, 3.05) is 0 Å². The van der Waals surface area contributed by atoms with Crippen LogP contribution in [-0.2, 0) is 0 Å². The van der Waals surface area contributed by atoms with Crippen molar-refractivity contribution >= 4 is 11.4 Å². The third-order valence-electron chi connectivity index (χ3n) is 3.60. The molecule has 0 aliphatic rings. The molecule has 1 atom stereocenters. The van der Waals surface area contributed by atoms with Crippen molar-refractivity contribution in [3.63, 3.8) is 0 Å². The zero-order chi connectivity index (χ0) is 14.4. The lowest BCUT2D eigenvalue weighted by molar-refractivity contribution is 0.104. The van der Waals surface area contributed by atoms with Crippen molar-refractivity contribution in [1.29, 1.82) is 0 Å². The molecule has 0 radical (unpaired) electrons. The van der Waals surface area contributed by atoms with E-state index in [2.05, 4.69) is 26.0 Å². The minimum Gasteiger partial charge on any atom is -0.289 e. The molecule has 0 aliphatic carbocycles. The van der Waals surface area contributed by atoms with Crippen molar-refractivity contribution in [3.05, 3.63) is 77.9 Å². The Balaban J connectivity index is 2.37. The maximum atomic E-state index is 12.4. The number of hydrogen-bond donors (Lipinski definition) is 0. The van der Waals surface area contributed by atoms with Crippen LogP contribution in [0.1, 0.15) is 36.2 Å². The van der Waals surface area contributed by atoms with E-state index in [1.807, 2.05) is 48.5 Å². The highest BCUT2D eigenvalue weighted by Gasteiger charge is 2.12. The molecule has 2 rings (SSSR count). The van der Waals surface area contributed by atoms with E-state index in [0.29, 0.717) is 5.92 Å². The van der Waals surface area contributed by atoms with Gasteiger partial charge >= 0.3 is 0 Å². The highest BCUT2D eigenvalue weighted by molar-refractivity contribution is 6.08. The number of ketones is 1. The third-order valence-corrected chi connectivity index (χ3v) is 3.60. The van der Waals surface area contributed by atoms with E-state index in [-0.39, 0.29) is 5.78 Å². The van der Waals surface area contributed by atoms with Crippen LogP contribution in [0.15, 0.2) is 66.7 Å². The first-order chi connectivity index (χ1) is 9.72. The van der Waals surface area contributed by atoms with Crippen LogP contribution in [0.2, 0.25) is 0 Å². The summed E-state index contributed by atoms with van der Waals surface area (Å²) >= 11 is 0. The maximum Gasteiger partial charge on any atom is 0.186 e. The summed E-state index contributed by atoms with van der Waals surface area (Å²) < 4.78 is 0. The van der Waals surface area contributed by atoms with Crippen molar-refractivity contribution < 1.29 is 4.79 Å². The van der Waals surface area contributed by atoms with Crippen LogP contribution >= 0.6 is 0 Å². The number of carbonyl (C=O) groups excluding carboxylic acids is 1. The molecule has 2 aromatic rings. The Labute approximate surface area is 121 Å². The lowest BCUT2D eigenvalue weighted by Crippen LogP contribution is -2.02. The summed E-state index contributed by atoms with van der Waals surface area (Å²) in [7, 11) is 0. The van der Waals surface area contributed by atoms with Crippen LogP contribution in [0.5, 0.6) is 0 Å². The molecular weight excluding hydrogens is 244 g/mol. The number of benzene rings is 2. The second-order valence-corrected chi connectivity index (χ2v) is 5.01. The van der Waals surface area contributed by atoms with Gasteiger partial charge in [0.2, 0.25) is 0 Å². The van der Waals surface area contributed by atoms with E-state index < -0.39 is 0 Å². The van der Waals surface area contributed by atoms with Gasteiger partial charge in [0.15, 0.2) is 5.78 Å². The summed E-state index contributed by atoms with van der Waals surface area (Å²) in [6.07, 6.45) is 2.81. The van der Waals surface area contributed by atoms with Crippen molar-refractivity contribution in [2.24, 2.45) is 5.92 Å². The van der Waals surface area contributed by atoms with Gasteiger partial charge < -0.3 is 0 Å². The van der Waals surface area contributed by atoms with Crippen LogP contribution in [0.3, 0.4) is 0 Å². The van der Waals surface area contributed by atoms with Gasteiger partial charge in [-0.25, -0.2) is 0 Å². The zero-order valence-corrected chi connectivity index (χ0v) is 12.0. The van der Waals surface area contributed by atoms with Gasteiger partial charge in [-0.1, -0.05) is 74.5 Å². The van der Waals surface area contributed by atoms with E-state index in [1.54, 1.807) is 6.08 Å². The molecule has 0 saturated heterocycles. The molecule has 1 heteroatoms. The summed E-state index contributed by atoms with van der Waals surface area (Å²) in [5.41, 5.74) is 2.98. The fourth-order valence-corrected chi connectivity index (χ4v) is 2.19. The summed E-state index contributed by atoms with van der Waals surface area (Å²) in [5, 5.41) is 0. The van der Waals surface area contributed by atoms with Crippen molar-refractivity contribution in [1.82, 2.24) is 0 Å². The lowest BCUT2D eigenvalue weighted by atomic mass is 9.90. The molecule has 20 heavy (non-hydrogen) atoms. The van der Waals surface area contributed by atoms with Gasteiger partial charge in [0.05, 0.1) is 0 Å². The lowest BCUT2D eigenvalue weighted by Gasteiger charge is -2.14. The van der Waals surface area contributed by atoms with E-state index in [9.17, 15) is 4.79 Å². The highest BCUT2D eigenvalue weighted by Crippen LogP contribution is 2.26. The Bertz CT molecular complexity index is 582. The number of rotatable bonds is 5. The molecule has 0 aromatic heterocycles. The minimum absolute atomic E-state index is 0.0738. The molecule has 102 valence electrons. The number of allylic oxidation sites excluding steroid dienone is 2. The smallest absolute Gasteiger partial charge is 0.186 e. The van der Waals surface area contributed by atoms with Crippen LogP contribution in [0, 0.1) is 5.92 Å². The fraction of sp³-hybridized carbons (Fsp3) is 0.211. The Morgan fingerprint density at radius 2 is 1.45 bits per heavy atom. The molecule has 1 nitrogen and oxygen atoms in total. The molecule has 0 bridgehead atoms. The predicted octanol–water partition coefficient (Wildman–Crippen LogP) is 5.00. The molecule has 0 heterocycles. The Hall–Kier alpha value is -2.15. The molecule has 0 unspecified atom stereocenters. The molecule has 0 spiro atoms. The fourth-order valence-electron chi connectivity index (χ4n) is 2.19. The molecular formula is C19H20O. The first-order valence-corrected chi connectivity index (χ1v) is 7.08. The van der Waals surface area contributed by atoms with E-state index in [1.165, 1.54) is 0 Å². The van der Waals surface area contributed by atoms with E-state index in [4.69, 9.17) is 0 Å². The van der Waals surface area contributed by atoms with Crippen molar-refractivity contribution in [2.45, 2.75) is 20.3 Å². The van der Waals surface area contributed by atoms with Crippen LogP contribution in [-0.4, -0.2) is 5.78 Å². The van der Waals surface area contributed by atoms with E-state index in [0.717, 1.165) is 23.1 Å². The molecule has 2 aromatic carbocycles. The molecule has 0 aliphatic heterocycles. The normalized spacial score (nSPS) is 13.0. The second kappa shape index (κ2) is 6.85. The standard InChI is InChI=1S/C19H20O/c1-3-15(2)18(16-10-6-4-7-11-16)14-19(20)17-12-8-5-9-13-17/h4-15H,3H2,1-2H3/b18-14+/t15-/m1/s1. The second-order valence-electron chi connectivity index (χ2n) is 5.01. The van der Waals surface area contributed by atoms with Crippen LogP contribution in [0.4, 0.5) is 0 Å². The Morgan fingerprint density at radius 3 is 1.95 bits per heavy atom. The van der Waals surface area contributed by atoms with Gasteiger partial charge in [0, 0.05) is 5.56 Å². The van der Waals surface area contributed by atoms with Gasteiger partial charge in [0.25, 0.3) is 0 Å². The monoisotopic (exact) mass is 264 g/mol. The van der Waals surface area contributed by atoms with Gasteiger partial charge in [0.1, 0.15) is 0 Å². The van der Waals surface area contributed by atoms with Gasteiger partial charge in [-0.05, 0) is 29.6 Å². The summed E-state index contributed by atoms with van der Waals surface area (Å²) in [6.45, 7) is 4.31. The summed E-state index contributed by atoms with van der Waals surface area (Å²) in [5.74, 6) is 0.440. The van der Waals surface area contributed by atoms with Gasteiger partial charge in [-0.2, -0.15) is 0 Å². The number of carbonyl (C=O) groups is 1. The van der Waals surface area contributed by atoms with Gasteiger partial charge in [-0.15, -0.1) is 0 Å². The quantitative estimate of drug-likeness (QED) is 0.548. The van der Waals surface area contributed by atoms with Crippen LogP contribution in [0.25, 0.3) is 5.57 Å². The summed E-state index contributed by atoms with van der Waals surface area (Å²) in [6, 6.07) is 19.6. The first-order valence-electron chi connectivity index (χ1n) is 7.08.